The van der Waals surface area contributed by atoms with Crippen molar-refractivity contribution in [1.29, 1.82) is 0 Å². The molecule has 0 aromatic heterocycles. The number of hydrogen-bond donors (Lipinski definition) is 0. The number of halogens is 2. The molecule has 0 bridgehead atoms. The maximum absolute atomic E-state index is 13.0. The van der Waals surface area contributed by atoms with Crippen molar-refractivity contribution in [3.63, 3.8) is 0 Å². The molecular formula is C29H26ClIN2O5S. The molecule has 7 nitrogen and oxygen atoms in total. The van der Waals surface area contributed by atoms with Crippen LogP contribution in [0.25, 0.3) is 6.08 Å². The molecule has 1 fully saturated rings. The lowest BCUT2D eigenvalue weighted by atomic mass is 10.1. The number of hydrogen-bond acceptors (Lipinski definition) is 7. The number of ether oxygens (including phenoxy) is 3. The number of carbonyl (C=O) groups is 2. The molecule has 0 radical (unpaired) electrons. The quantitative estimate of drug-likeness (QED) is 0.134. The Hall–Kier alpha value is -3.02. The van der Waals surface area contributed by atoms with E-state index in [-0.39, 0.29) is 11.9 Å². The highest BCUT2D eigenvalue weighted by molar-refractivity contribution is 14.1. The summed E-state index contributed by atoms with van der Waals surface area (Å²) in [5.41, 5.74) is 2.88. The molecular weight excluding hydrogens is 651 g/mol. The molecule has 0 saturated carbocycles. The number of thioether (sulfide) groups is 1. The zero-order valence-corrected chi connectivity index (χ0v) is 25.3. The third-order valence-corrected chi connectivity index (χ3v) is 7.65. The second kappa shape index (κ2) is 13.4. The van der Waals surface area contributed by atoms with Crippen LogP contribution in [0.3, 0.4) is 0 Å². The van der Waals surface area contributed by atoms with Crippen LogP contribution >= 0.6 is 46.0 Å². The number of amidine groups is 1. The van der Waals surface area contributed by atoms with Gasteiger partial charge in [0.2, 0.25) is 0 Å². The largest absolute Gasteiger partial charge is 0.490 e. The average molecular weight is 677 g/mol. The highest BCUT2D eigenvalue weighted by Crippen LogP contribution is 2.38. The van der Waals surface area contributed by atoms with Gasteiger partial charge in [-0.15, -0.1) is 0 Å². The second-order valence-electron chi connectivity index (χ2n) is 8.31. The summed E-state index contributed by atoms with van der Waals surface area (Å²) in [5.74, 6) is 0.708. The van der Waals surface area contributed by atoms with Gasteiger partial charge in [0.15, 0.2) is 16.7 Å². The summed E-state index contributed by atoms with van der Waals surface area (Å²) in [7, 11) is 1.69. The van der Waals surface area contributed by atoms with Crippen LogP contribution in [0.5, 0.6) is 11.5 Å². The summed E-state index contributed by atoms with van der Waals surface area (Å²) >= 11 is 9.48. The minimum absolute atomic E-state index is 0.155. The summed E-state index contributed by atoms with van der Waals surface area (Å²) < 4.78 is 17.9. The van der Waals surface area contributed by atoms with E-state index in [2.05, 4.69) is 27.6 Å². The fourth-order valence-corrected chi connectivity index (χ4v) is 5.50. The summed E-state index contributed by atoms with van der Waals surface area (Å²) in [6, 6.07) is 18.1. The van der Waals surface area contributed by atoms with E-state index in [1.54, 1.807) is 38.2 Å². The lowest BCUT2D eigenvalue weighted by Crippen LogP contribution is -2.23. The maximum Gasteiger partial charge on any atom is 0.338 e. The summed E-state index contributed by atoms with van der Waals surface area (Å²) in [4.78, 5) is 31.5. The first-order valence-corrected chi connectivity index (χ1v) is 14.4. The van der Waals surface area contributed by atoms with Gasteiger partial charge >= 0.3 is 5.97 Å². The van der Waals surface area contributed by atoms with E-state index in [1.165, 1.54) is 16.7 Å². The number of aliphatic imine (C=N–C) groups is 1. The Balaban J connectivity index is 1.54. The Morgan fingerprint density at radius 2 is 1.77 bits per heavy atom. The van der Waals surface area contributed by atoms with Crippen LogP contribution < -0.4 is 9.47 Å². The number of carbonyl (C=O) groups excluding carboxylic acids is 2. The molecule has 4 rings (SSSR count). The normalized spacial score (nSPS) is 15.2. The van der Waals surface area contributed by atoms with Gasteiger partial charge in [0, 0.05) is 12.1 Å². The molecule has 3 aromatic carbocycles. The van der Waals surface area contributed by atoms with Gasteiger partial charge in [-0.3, -0.25) is 9.69 Å². The number of amides is 1. The van der Waals surface area contributed by atoms with E-state index in [0.29, 0.717) is 57.7 Å². The van der Waals surface area contributed by atoms with Crippen molar-refractivity contribution in [1.82, 2.24) is 4.90 Å². The van der Waals surface area contributed by atoms with Gasteiger partial charge in [0.25, 0.3) is 5.91 Å². The van der Waals surface area contributed by atoms with Crippen molar-refractivity contribution in [2.45, 2.75) is 20.5 Å². The van der Waals surface area contributed by atoms with Gasteiger partial charge in [-0.05, 0) is 114 Å². The number of rotatable bonds is 9. The maximum atomic E-state index is 13.0. The van der Waals surface area contributed by atoms with Crippen LogP contribution in [0.1, 0.15) is 35.3 Å². The standard InChI is InChI=1S/C29H26ClIN2O5S/c1-4-36-24-15-19(14-23(31)26(24)38-17-18-6-10-21(30)11-7-18)16-25-27(34)33(3)29(39-25)32-22-12-8-20(9-13-22)28(35)37-5-2/h6-16H,4-5,17H2,1-3H3/b25-16-,32-29?. The van der Waals surface area contributed by atoms with Crippen LogP contribution in [0, 0.1) is 3.57 Å². The topological polar surface area (TPSA) is 77.4 Å². The zero-order chi connectivity index (χ0) is 27.9. The van der Waals surface area contributed by atoms with Gasteiger partial charge < -0.3 is 14.2 Å². The Morgan fingerprint density at radius 1 is 1.05 bits per heavy atom. The molecule has 1 amide bonds. The van der Waals surface area contributed by atoms with E-state index < -0.39 is 0 Å². The van der Waals surface area contributed by atoms with Crippen LogP contribution in [-0.2, 0) is 16.1 Å². The molecule has 202 valence electrons. The van der Waals surface area contributed by atoms with Gasteiger partial charge in [0.05, 0.1) is 32.9 Å². The number of esters is 1. The smallest absolute Gasteiger partial charge is 0.338 e. The number of benzene rings is 3. The fourth-order valence-electron chi connectivity index (χ4n) is 3.61. The van der Waals surface area contributed by atoms with Crippen molar-refractivity contribution >= 4 is 74.8 Å². The number of nitrogens with zero attached hydrogens (tertiary/aromatic N) is 2. The van der Waals surface area contributed by atoms with Crippen molar-refractivity contribution in [2.24, 2.45) is 4.99 Å². The SMILES string of the molecule is CCOC(=O)c1ccc(N=C2S/C(=C\c3cc(I)c(OCc4ccc(Cl)cc4)c(OCC)c3)C(=O)N2C)cc1. The average Bonchev–Trinajstić information content (AvgIpc) is 3.17. The summed E-state index contributed by atoms with van der Waals surface area (Å²) in [6.07, 6.45) is 1.82. The molecule has 39 heavy (non-hydrogen) atoms. The Bertz CT molecular complexity index is 1420. The van der Waals surface area contributed by atoms with Crippen LogP contribution in [0.2, 0.25) is 5.02 Å². The first-order chi connectivity index (χ1) is 18.8. The monoisotopic (exact) mass is 676 g/mol. The molecule has 0 unspecified atom stereocenters. The highest BCUT2D eigenvalue weighted by atomic mass is 127. The minimum Gasteiger partial charge on any atom is -0.490 e. The van der Waals surface area contributed by atoms with Gasteiger partial charge in [-0.2, -0.15) is 0 Å². The van der Waals surface area contributed by atoms with Gasteiger partial charge in [0.1, 0.15) is 6.61 Å². The fraction of sp³-hybridized carbons (Fsp3) is 0.207. The second-order valence-corrected chi connectivity index (χ2v) is 10.9. The van der Waals surface area contributed by atoms with E-state index in [4.69, 9.17) is 25.8 Å². The molecule has 0 spiro atoms. The first kappa shape index (κ1) is 29.0. The Morgan fingerprint density at radius 3 is 2.44 bits per heavy atom. The van der Waals surface area contributed by atoms with E-state index in [0.717, 1.165) is 14.7 Å². The molecule has 10 heteroatoms. The third kappa shape index (κ3) is 7.34. The highest BCUT2D eigenvalue weighted by Gasteiger charge is 2.30. The lowest BCUT2D eigenvalue weighted by molar-refractivity contribution is -0.121. The molecule has 0 aliphatic carbocycles. The van der Waals surface area contributed by atoms with Crippen LogP contribution in [0.15, 0.2) is 70.6 Å². The molecule has 1 aliphatic heterocycles. The van der Waals surface area contributed by atoms with Crippen molar-refractivity contribution < 1.29 is 23.8 Å². The predicted molar refractivity (Wildman–Crippen MR) is 164 cm³/mol. The predicted octanol–water partition coefficient (Wildman–Crippen LogP) is 7.33. The Labute approximate surface area is 250 Å². The van der Waals surface area contributed by atoms with Gasteiger partial charge in [-0.25, -0.2) is 9.79 Å². The van der Waals surface area contributed by atoms with E-state index in [1.807, 2.05) is 49.4 Å². The first-order valence-electron chi connectivity index (χ1n) is 12.2. The minimum atomic E-state index is -0.382. The zero-order valence-electron chi connectivity index (χ0n) is 21.6. The molecule has 0 atom stereocenters. The van der Waals surface area contributed by atoms with Gasteiger partial charge in [-0.1, -0.05) is 23.7 Å². The van der Waals surface area contributed by atoms with Crippen molar-refractivity contribution in [3.8, 4) is 11.5 Å². The third-order valence-electron chi connectivity index (χ3n) is 5.53. The van der Waals surface area contributed by atoms with E-state index >= 15 is 0 Å². The molecule has 1 saturated heterocycles. The van der Waals surface area contributed by atoms with Crippen LogP contribution in [-0.4, -0.2) is 42.2 Å². The molecule has 3 aromatic rings. The lowest BCUT2D eigenvalue weighted by Gasteiger charge is -2.15. The summed E-state index contributed by atoms with van der Waals surface area (Å²) in [6.45, 7) is 4.82. The van der Waals surface area contributed by atoms with Crippen molar-refractivity contribution in [2.75, 3.05) is 20.3 Å². The molecule has 1 heterocycles. The summed E-state index contributed by atoms with van der Waals surface area (Å²) in [5, 5.41) is 1.21. The van der Waals surface area contributed by atoms with Crippen molar-refractivity contribution in [3.05, 3.63) is 90.9 Å². The molecule has 1 aliphatic rings. The Kier molecular flexibility index (Phi) is 9.93. The number of likely N-dealkylation sites (N-methyl/N-ethyl adjacent to an activating group) is 1. The molecule has 0 N–H and O–H groups in total. The van der Waals surface area contributed by atoms with Crippen LogP contribution in [0.4, 0.5) is 5.69 Å². The van der Waals surface area contributed by atoms with E-state index in [9.17, 15) is 9.59 Å².